The summed E-state index contributed by atoms with van der Waals surface area (Å²) in [7, 11) is 0. The Labute approximate surface area is 82.5 Å². The third-order valence-electron chi connectivity index (χ3n) is 1.31. The Morgan fingerprint density at radius 2 is 2.45 bits per heavy atom. The van der Waals surface area contributed by atoms with Crippen molar-refractivity contribution in [1.82, 2.24) is 9.78 Å². The summed E-state index contributed by atoms with van der Waals surface area (Å²) in [6.07, 6.45) is 3.76. The van der Waals surface area contributed by atoms with Crippen molar-refractivity contribution < 1.29 is 0 Å². The average molecular weight is 280 g/mol. The highest BCUT2D eigenvalue weighted by Gasteiger charge is 1.95. The van der Waals surface area contributed by atoms with E-state index < -0.39 is 0 Å². The van der Waals surface area contributed by atoms with Crippen molar-refractivity contribution in [3.63, 3.8) is 0 Å². The number of rotatable bonds is 2. The van der Waals surface area contributed by atoms with Gasteiger partial charge in [0, 0.05) is 12.7 Å². The minimum Gasteiger partial charge on any atom is -0.266 e. The standard InChI is InChI=1S/C7H8Br2N2/c1-2-11-6(3-4-10-11)5-7(8)9/h3-5H,2H2,1H3. The summed E-state index contributed by atoms with van der Waals surface area (Å²) in [5.41, 5.74) is 1.09. The number of hydrogen-bond acceptors (Lipinski definition) is 1. The molecule has 0 atom stereocenters. The van der Waals surface area contributed by atoms with Gasteiger partial charge in [-0.2, -0.15) is 5.10 Å². The van der Waals surface area contributed by atoms with Crippen LogP contribution in [0.2, 0.25) is 0 Å². The van der Waals surface area contributed by atoms with Gasteiger partial charge in [0.2, 0.25) is 0 Å². The fourth-order valence-electron chi connectivity index (χ4n) is 0.842. The van der Waals surface area contributed by atoms with Gasteiger partial charge in [-0.3, -0.25) is 4.68 Å². The van der Waals surface area contributed by atoms with Crippen molar-refractivity contribution in [1.29, 1.82) is 0 Å². The predicted molar refractivity (Wildman–Crippen MR) is 53.7 cm³/mol. The zero-order chi connectivity index (χ0) is 8.27. The molecule has 60 valence electrons. The van der Waals surface area contributed by atoms with Crippen LogP contribution in [0.1, 0.15) is 12.6 Å². The molecule has 0 spiro atoms. The number of nitrogens with zero attached hydrogens (tertiary/aromatic N) is 2. The number of aryl methyl sites for hydroxylation is 1. The van der Waals surface area contributed by atoms with E-state index in [1.807, 2.05) is 16.8 Å². The van der Waals surface area contributed by atoms with Crippen LogP contribution in [0.3, 0.4) is 0 Å². The lowest BCUT2D eigenvalue weighted by molar-refractivity contribution is 0.654. The number of aromatic nitrogens is 2. The molecule has 0 aromatic carbocycles. The van der Waals surface area contributed by atoms with Crippen LogP contribution in [0, 0.1) is 0 Å². The molecule has 0 aliphatic carbocycles. The molecular formula is C7H8Br2N2. The van der Waals surface area contributed by atoms with Crippen LogP contribution in [0.5, 0.6) is 0 Å². The molecule has 0 unspecified atom stereocenters. The molecule has 1 rings (SSSR count). The summed E-state index contributed by atoms with van der Waals surface area (Å²) in [4.78, 5) is 0. The Morgan fingerprint density at radius 1 is 1.73 bits per heavy atom. The SMILES string of the molecule is CCn1nccc1C=C(Br)Br. The van der Waals surface area contributed by atoms with Gasteiger partial charge < -0.3 is 0 Å². The molecule has 0 aliphatic rings. The molecule has 0 amide bonds. The van der Waals surface area contributed by atoms with Gasteiger partial charge in [-0.05, 0) is 50.9 Å². The maximum atomic E-state index is 4.12. The van der Waals surface area contributed by atoms with E-state index in [4.69, 9.17) is 0 Å². The minimum absolute atomic E-state index is 0.895. The van der Waals surface area contributed by atoms with Crippen molar-refractivity contribution in [2.75, 3.05) is 0 Å². The molecule has 1 heterocycles. The lowest BCUT2D eigenvalue weighted by Crippen LogP contribution is -1.97. The molecule has 0 saturated carbocycles. The number of hydrogen-bond donors (Lipinski definition) is 0. The van der Waals surface area contributed by atoms with Crippen molar-refractivity contribution >= 4 is 37.9 Å². The van der Waals surface area contributed by atoms with E-state index >= 15 is 0 Å². The van der Waals surface area contributed by atoms with Crippen molar-refractivity contribution in [3.8, 4) is 0 Å². The Kier molecular flexibility index (Phi) is 3.33. The number of halogens is 2. The van der Waals surface area contributed by atoms with E-state index in [2.05, 4.69) is 43.9 Å². The summed E-state index contributed by atoms with van der Waals surface area (Å²) in [6.45, 7) is 2.96. The van der Waals surface area contributed by atoms with Crippen LogP contribution < -0.4 is 0 Å². The first-order valence-corrected chi connectivity index (χ1v) is 4.87. The Morgan fingerprint density at radius 3 is 3.00 bits per heavy atom. The molecule has 2 nitrogen and oxygen atoms in total. The van der Waals surface area contributed by atoms with E-state index in [1.165, 1.54) is 0 Å². The Balaban J connectivity index is 2.93. The van der Waals surface area contributed by atoms with E-state index in [1.54, 1.807) is 6.20 Å². The van der Waals surface area contributed by atoms with Gasteiger partial charge >= 0.3 is 0 Å². The van der Waals surface area contributed by atoms with Crippen LogP contribution in [-0.2, 0) is 6.54 Å². The second-order valence-electron chi connectivity index (χ2n) is 2.01. The molecule has 0 radical (unpaired) electrons. The van der Waals surface area contributed by atoms with E-state index in [0.717, 1.165) is 15.6 Å². The molecule has 1 aromatic heterocycles. The molecule has 0 saturated heterocycles. The van der Waals surface area contributed by atoms with Crippen molar-refractivity contribution in [2.24, 2.45) is 0 Å². The van der Waals surface area contributed by atoms with Gasteiger partial charge in [0.05, 0.1) is 9.09 Å². The topological polar surface area (TPSA) is 17.8 Å². The van der Waals surface area contributed by atoms with Crippen LogP contribution in [-0.4, -0.2) is 9.78 Å². The highest BCUT2D eigenvalue weighted by atomic mass is 79.9. The quantitative estimate of drug-likeness (QED) is 0.814. The molecule has 0 N–H and O–H groups in total. The molecule has 0 bridgehead atoms. The van der Waals surface area contributed by atoms with Gasteiger partial charge in [0.15, 0.2) is 0 Å². The fraction of sp³-hybridized carbons (Fsp3) is 0.286. The molecule has 0 fully saturated rings. The Bertz CT molecular complexity index is 261. The predicted octanol–water partition coefficient (Wildman–Crippen LogP) is 2.99. The van der Waals surface area contributed by atoms with E-state index in [0.29, 0.717) is 0 Å². The summed E-state index contributed by atoms with van der Waals surface area (Å²) in [6, 6.07) is 1.96. The van der Waals surface area contributed by atoms with E-state index in [-0.39, 0.29) is 0 Å². The van der Waals surface area contributed by atoms with Crippen molar-refractivity contribution in [3.05, 3.63) is 21.3 Å². The largest absolute Gasteiger partial charge is 0.266 e. The molecule has 0 aliphatic heterocycles. The third kappa shape index (κ3) is 2.45. The average Bonchev–Trinajstić information content (AvgIpc) is 2.34. The van der Waals surface area contributed by atoms with Gasteiger partial charge in [-0.1, -0.05) is 0 Å². The van der Waals surface area contributed by atoms with Crippen LogP contribution >= 0.6 is 31.9 Å². The fourth-order valence-corrected chi connectivity index (χ4v) is 1.31. The first-order valence-electron chi connectivity index (χ1n) is 3.28. The molecule has 11 heavy (non-hydrogen) atoms. The lowest BCUT2D eigenvalue weighted by atomic mass is 10.4. The van der Waals surface area contributed by atoms with Gasteiger partial charge in [0.1, 0.15) is 0 Å². The second kappa shape index (κ2) is 4.07. The Hall–Kier alpha value is -0.0900. The zero-order valence-electron chi connectivity index (χ0n) is 6.09. The minimum atomic E-state index is 0.895. The maximum absolute atomic E-state index is 4.12. The van der Waals surface area contributed by atoms with Crippen LogP contribution in [0.15, 0.2) is 15.7 Å². The first kappa shape index (κ1) is 9.00. The molecule has 4 heteroatoms. The van der Waals surface area contributed by atoms with Crippen LogP contribution in [0.4, 0.5) is 0 Å². The highest BCUT2D eigenvalue weighted by Crippen LogP contribution is 2.17. The van der Waals surface area contributed by atoms with Gasteiger partial charge in [-0.15, -0.1) is 0 Å². The molecular weight excluding hydrogens is 272 g/mol. The normalized spacial score (nSPS) is 9.73. The van der Waals surface area contributed by atoms with E-state index in [9.17, 15) is 0 Å². The monoisotopic (exact) mass is 278 g/mol. The lowest BCUT2D eigenvalue weighted by Gasteiger charge is -1.97. The summed E-state index contributed by atoms with van der Waals surface area (Å²) in [5.74, 6) is 0. The smallest absolute Gasteiger partial charge is 0.0626 e. The maximum Gasteiger partial charge on any atom is 0.0626 e. The van der Waals surface area contributed by atoms with Gasteiger partial charge in [0.25, 0.3) is 0 Å². The van der Waals surface area contributed by atoms with Gasteiger partial charge in [-0.25, -0.2) is 0 Å². The summed E-state index contributed by atoms with van der Waals surface area (Å²) >= 11 is 6.59. The first-order chi connectivity index (χ1) is 5.24. The van der Waals surface area contributed by atoms with Crippen molar-refractivity contribution in [2.45, 2.75) is 13.5 Å². The summed E-state index contributed by atoms with van der Waals surface area (Å²) in [5, 5.41) is 4.12. The highest BCUT2D eigenvalue weighted by molar-refractivity contribution is 9.28. The van der Waals surface area contributed by atoms with Crippen LogP contribution in [0.25, 0.3) is 6.08 Å². The zero-order valence-corrected chi connectivity index (χ0v) is 9.26. The summed E-state index contributed by atoms with van der Waals surface area (Å²) < 4.78 is 2.85. The third-order valence-corrected chi connectivity index (χ3v) is 1.76. The second-order valence-corrected chi connectivity index (χ2v) is 4.78. The molecule has 1 aromatic rings.